The van der Waals surface area contributed by atoms with Gasteiger partial charge >= 0.3 is 6.03 Å². The van der Waals surface area contributed by atoms with Crippen molar-refractivity contribution in [2.45, 2.75) is 38.6 Å². The van der Waals surface area contributed by atoms with E-state index < -0.39 is 23.4 Å². The van der Waals surface area contributed by atoms with Crippen molar-refractivity contribution in [2.24, 2.45) is 0 Å². The number of ether oxygens (including phenoxy) is 1. The first-order valence-electron chi connectivity index (χ1n) is 10.3. The molecule has 2 N–H and O–H groups in total. The van der Waals surface area contributed by atoms with E-state index in [1.807, 2.05) is 38.1 Å². The highest BCUT2D eigenvalue weighted by molar-refractivity contribution is 6.11. The Morgan fingerprint density at radius 1 is 1.10 bits per heavy atom. The van der Waals surface area contributed by atoms with Gasteiger partial charge in [0, 0.05) is 17.7 Å². The fourth-order valence-electron chi connectivity index (χ4n) is 4.24. The summed E-state index contributed by atoms with van der Waals surface area (Å²) >= 11 is 0. The maximum Gasteiger partial charge on any atom is 0.325 e. The van der Waals surface area contributed by atoms with Gasteiger partial charge in [-0.25, -0.2) is 4.79 Å². The van der Waals surface area contributed by atoms with E-state index in [0.717, 1.165) is 34.6 Å². The SMILES string of the molecule is CCc1cccc(CC)c1NC(=O)CN1C(=O)N[C@@]2(CCOc3ccccc32)C1=O. The fraction of sp³-hybridized carbons (Fsp3) is 0.348. The molecule has 0 unspecified atom stereocenters. The summed E-state index contributed by atoms with van der Waals surface area (Å²) in [4.78, 5) is 39.8. The van der Waals surface area contributed by atoms with Gasteiger partial charge in [0.2, 0.25) is 5.91 Å². The van der Waals surface area contributed by atoms with Crippen molar-refractivity contribution in [3.05, 3.63) is 59.2 Å². The molecular formula is C23H25N3O4. The van der Waals surface area contributed by atoms with Crippen LogP contribution in [0.5, 0.6) is 5.75 Å². The Morgan fingerprint density at radius 2 is 1.80 bits per heavy atom. The Morgan fingerprint density at radius 3 is 2.50 bits per heavy atom. The molecule has 4 rings (SSSR count). The minimum atomic E-state index is -1.18. The molecule has 7 nitrogen and oxygen atoms in total. The standard InChI is InChI=1S/C23H25N3O4/c1-3-15-8-7-9-16(4-2)20(15)24-19(27)14-26-21(28)23(25-22(26)29)12-13-30-18-11-6-5-10-17(18)23/h5-11H,3-4,12-14H2,1-2H3,(H,24,27)(H,25,29)/t23-/m1/s1. The van der Waals surface area contributed by atoms with Crippen LogP contribution in [0.1, 0.15) is 37.0 Å². The Labute approximate surface area is 175 Å². The second-order valence-electron chi connectivity index (χ2n) is 7.53. The van der Waals surface area contributed by atoms with Gasteiger partial charge in [-0.3, -0.25) is 14.5 Å². The number of fused-ring (bicyclic) bond motifs is 2. The molecule has 2 heterocycles. The van der Waals surface area contributed by atoms with E-state index in [2.05, 4.69) is 10.6 Å². The lowest BCUT2D eigenvalue weighted by atomic mass is 9.84. The number of nitrogens with zero attached hydrogens (tertiary/aromatic N) is 1. The number of benzene rings is 2. The predicted octanol–water partition coefficient (Wildman–Crippen LogP) is 2.98. The average Bonchev–Trinajstić information content (AvgIpc) is 2.99. The van der Waals surface area contributed by atoms with Crippen LogP contribution in [0.3, 0.4) is 0 Å². The van der Waals surface area contributed by atoms with E-state index in [1.54, 1.807) is 18.2 Å². The summed E-state index contributed by atoms with van der Waals surface area (Å²) in [5.41, 5.74) is 2.26. The quantitative estimate of drug-likeness (QED) is 0.746. The van der Waals surface area contributed by atoms with E-state index in [-0.39, 0.29) is 6.54 Å². The highest BCUT2D eigenvalue weighted by atomic mass is 16.5. The van der Waals surface area contributed by atoms with Crippen molar-refractivity contribution >= 4 is 23.5 Å². The minimum absolute atomic E-state index is 0.312. The lowest BCUT2D eigenvalue weighted by Gasteiger charge is -2.33. The van der Waals surface area contributed by atoms with E-state index >= 15 is 0 Å². The van der Waals surface area contributed by atoms with Crippen molar-refractivity contribution in [1.82, 2.24) is 10.2 Å². The van der Waals surface area contributed by atoms with Crippen molar-refractivity contribution < 1.29 is 19.1 Å². The van der Waals surface area contributed by atoms with Gasteiger partial charge in [0.25, 0.3) is 5.91 Å². The van der Waals surface area contributed by atoms with Gasteiger partial charge in [-0.2, -0.15) is 0 Å². The third-order valence-corrected chi connectivity index (χ3v) is 5.82. The number of para-hydroxylation sites is 2. The van der Waals surface area contributed by atoms with Crippen molar-refractivity contribution in [3.63, 3.8) is 0 Å². The molecule has 2 aliphatic rings. The first-order valence-corrected chi connectivity index (χ1v) is 10.3. The van der Waals surface area contributed by atoms with Crippen LogP contribution in [0, 0.1) is 0 Å². The molecule has 1 fully saturated rings. The van der Waals surface area contributed by atoms with E-state index in [9.17, 15) is 14.4 Å². The number of aryl methyl sites for hydroxylation is 2. The molecule has 156 valence electrons. The summed E-state index contributed by atoms with van der Waals surface area (Å²) in [5.74, 6) is -0.238. The van der Waals surface area contributed by atoms with Crippen LogP contribution in [-0.4, -0.2) is 35.9 Å². The summed E-state index contributed by atoms with van der Waals surface area (Å²) < 4.78 is 5.64. The predicted molar refractivity (Wildman–Crippen MR) is 112 cm³/mol. The summed E-state index contributed by atoms with van der Waals surface area (Å²) in [7, 11) is 0. The molecule has 2 aromatic carbocycles. The third kappa shape index (κ3) is 3.20. The van der Waals surface area contributed by atoms with Crippen LogP contribution >= 0.6 is 0 Å². The Balaban J connectivity index is 1.57. The van der Waals surface area contributed by atoms with E-state index in [1.165, 1.54) is 0 Å². The van der Waals surface area contributed by atoms with Crippen molar-refractivity contribution in [1.29, 1.82) is 0 Å². The zero-order valence-corrected chi connectivity index (χ0v) is 17.2. The number of imide groups is 1. The van der Waals surface area contributed by atoms with Crippen molar-refractivity contribution in [3.8, 4) is 5.75 Å². The summed E-state index contributed by atoms with van der Waals surface area (Å²) in [5, 5.41) is 5.74. The lowest BCUT2D eigenvalue weighted by molar-refractivity contribution is -0.135. The molecule has 0 saturated carbocycles. The fourth-order valence-corrected chi connectivity index (χ4v) is 4.24. The zero-order chi connectivity index (χ0) is 21.3. The Bertz CT molecular complexity index is 997. The number of hydrogen-bond donors (Lipinski definition) is 2. The smallest absolute Gasteiger partial charge is 0.325 e. The summed E-state index contributed by atoms with van der Waals surface area (Å²) in [6, 6.07) is 12.5. The maximum absolute atomic E-state index is 13.3. The van der Waals surface area contributed by atoms with Crippen LogP contribution in [0.4, 0.5) is 10.5 Å². The van der Waals surface area contributed by atoms with Gasteiger partial charge in [-0.15, -0.1) is 0 Å². The van der Waals surface area contributed by atoms with Crippen LogP contribution in [0.2, 0.25) is 0 Å². The Hall–Kier alpha value is -3.35. The highest BCUT2D eigenvalue weighted by Crippen LogP contribution is 2.40. The van der Waals surface area contributed by atoms with Gasteiger partial charge in [-0.1, -0.05) is 50.2 Å². The molecule has 1 atom stereocenters. The molecule has 2 aliphatic heterocycles. The molecule has 7 heteroatoms. The maximum atomic E-state index is 13.3. The molecule has 0 aliphatic carbocycles. The monoisotopic (exact) mass is 407 g/mol. The minimum Gasteiger partial charge on any atom is -0.493 e. The average molecular weight is 407 g/mol. The van der Waals surface area contributed by atoms with Crippen molar-refractivity contribution in [2.75, 3.05) is 18.5 Å². The van der Waals surface area contributed by atoms with Gasteiger partial charge in [0.15, 0.2) is 5.54 Å². The van der Waals surface area contributed by atoms with Crippen LogP contribution in [-0.2, 0) is 28.0 Å². The van der Waals surface area contributed by atoms with Crippen LogP contribution in [0.25, 0.3) is 0 Å². The second-order valence-corrected chi connectivity index (χ2v) is 7.53. The lowest BCUT2D eigenvalue weighted by Crippen LogP contribution is -2.48. The van der Waals surface area contributed by atoms with Gasteiger partial charge < -0.3 is 15.4 Å². The number of rotatable bonds is 5. The third-order valence-electron chi connectivity index (χ3n) is 5.82. The molecule has 1 spiro atoms. The molecule has 30 heavy (non-hydrogen) atoms. The number of amides is 4. The number of urea groups is 1. The summed E-state index contributed by atoms with van der Waals surface area (Å²) in [6.07, 6.45) is 1.87. The second kappa shape index (κ2) is 7.82. The van der Waals surface area contributed by atoms with Crippen LogP contribution < -0.4 is 15.4 Å². The summed E-state index contributed by atoms with van der Waals surface area (Å²) in [6.45, 7) is 4.02. The first kappa shape index (κ1) is 19.9. The molecule has 0 bridgehead atoms. The Kier molecular flexibility index (Phi) is 5.20. The molecule has 2 aromatic rings. The number of hydrogen-bond acceptors (Lipinski definition) is 4. The molecule has 4 amide bonds. The highest BCUT2D eigenvalue weighted by Gasteiger charge is 2.55. The van der Waals surface area contributed by atoms with Gasteiger partial charge in [0.05, 0.1) is 6.61 Å². The number of nitrogens with one attached hydrogen (secondary N) is 2. The molecule has 0 radical (unpaired) electrons. The van der Waals surface area contributed by atoms with Gasteiger partial charge in [-0.05, 0) is 30.0 Å². The number of carbonyl (C=O) groups is 3. The number of anilines is 1. The van der Waals surface area contributed by atoms with Crippen LogP contribution in [0.15, 0.2) is 42.5 Å². The molecular weight excluding hydrogens is 382 g/mol. The van der Waals surface area contributed by atoms with E-state index in [0.29, 0.717) is 24.3 Å². The zero-order valence-electron chi connectivity index (χ0n) is 17.2. The first-order chi connectivity index (χ1) is 14.5. The molecule has 1 saturated heterocycles. The van der Waals surface area contributed by atoms with Gasteiger partial charge in [0.1, 0.15) is 12.3 Å². The number of carbonyl (C=O) groups excluding carboxylic acids is 3. The van der Waals surface area contributed by atoms with E-state index in [4.69, 9.17) is 4.74 Å². The largest absolute Gasteiger partial charge is 0.493 e. The topological polar surface area (TPSA) is 87.7 Å². The molecule has 0 aromatic heterocycles. The normalized spacial score (nSPS) is 20.0.